The number of hydrogen-bond acceptors (Lipinski definition) is 4. The van der Waals surface area contributed by atoms with E-state index in [2.05, 4.69) is 36.3 Å². The summed E-state index contributed by atoms with van der Waals surface area (Å²) in [6.07, 6.45) is 11.0. The Balaban J connectivity index is 2.05. The molecule has 0 aliphatic rings. The maximum absolute atomic E-state index is 5.65. The zero-order valence-electron chi connectivity index (χ0n) is 13.5. The fourth-order valence-electron chi connectivity index (χ4n) is 2.19. The van der Waals surface area contributed by atoms with E-state index in [1.54, 1.807) is 0 Å². The second-order valence-electron chi connectivity index (χ2n) is 5.82. The van der Waals surface area contributed by atoms with Crippen molar-refractivity contribution in [2.75, 3.05) is 6.54 Å². The molecule has 0 aliphatic heterocycles. The van der Waals surface area contributed by atoms with E-state index in [1.165, 1.54) is 38.5 Å². The molecule has 4 heteroatoms. The molecule has 1 rings (SSSR count). The summed E-state index contributed by atoms with van der Waals surface area (Å²) in [5.41, 5.74) is 0. The highest BCUT2D eigenvalue weighted by atomic mass is 16.4. The fourth-order valence-corrected chi connectivity index (χ4v) is 2.19. The first-order valence-corrected chi connectivity index (χ1v) is 8.27. The Morgan fingerprint density at radius 2 is 1.50 bits per heavy atom. The Labute approximate surface area is 123 Å². The van der Waals surface area contributed by atoms with Crippen LogP contribution in [0, 0.1) is 0 Å². The molecule has 1 aromatic heterocycles. The quantitative estimate of drug-likeness (QED) is 0.590. The summed E-state index contributed by atoms with van der Waals surface area (Å²) in [5.74, 6) is 1.56. The van der Waals surface area contributed by atoms with Gasteiger partial charge in [-0.25, -0.2) is 0 Å². The van der Waals surface area contributed by atoms with Crippen molar-refractivity contribution in [3.05, 3.63) is 11.8 Å². The van der Waals surface area contributed by atoms with Crippen LogP contribution in [0.25, 0.3) is 0 Å². The molecule has 4 nitrogen and oxygen atoms in total. The number of nitrogens with zero attached hydrogens (tertiary/aromatic N) is 2. The lowest BCUT2D eigenvalue weighted by Crippen LogP contribution is -2.25. The maximum Gasteiger partial charge on any atom is 0.217 e. The Morgan fingerprint density at radius 1 is 0.900 bits per heavy atom. The van der Waals surface area contributed by atoms with Gasteiger partial charge in [0, 0.05) is 25.4 Å². The van der Waals surface area contributed by atoms with Crippen LogP contribution in [0.3, 0.4) is 0 Å². The predicted octanol–water partition coefficient (Wildman–Crippen LogP) is 3.90. The molecular weight excluding hydrogens is 250 g/mol. The summed E-state index contributed by atoms with van der Waals surface area (Å²) in [6.45, 7) is 7.43. The van der Waals surface area contributed by atoms with Crippen LogP contribution in [0.15, 0.2) is 4.42 Å². The van der Waals surface area contributed by atoms with Crippen LogP contribution in [0.1, 0.15) is 77.5 Å². The van der Waals surface area contributed by atoms with Crippen LogP contribution >= 0.6 is 0 Å². The van der Waals surface area contributed by atoms with Crippen LogP contribution in [0.4, 0.5) is 0 Å². The second-order valence-corrected chi connectivity index (χ2v) is 5.82. The van der Waals surface area contributed by atoms with Crippen molar-refractivity contribution in [1.29, 1.82) is 0 Å². The van der Waals surface area contributed by atoms with Crippen molar-refractivity contribution >= 4 is 0 Å². The lowest BCUT2D eigenvalue weighted by molar-refractivity contribution is 0.431. The third kappa shape index (κ3) is 8.31. The van der Waals surface area contributed by atoms with E-state index in [9.17, 15) is 0 Å². The molecule has 0 saturated carbocycles. The molecule has 0 aliphatic carbocycles. The van der Waals surface area contributed by atoms with Crippen LogP contribution in [-0.4, -0.2) is 22.8 Å². The number of aryl methyl sites for hydroxylation is 1. The van der Waals surface area contributed by atoms with E-state index >= 15 is 0 Å². The monoisotopic (exact) mass is 281 g/mol. The van der Waals surface area contributed by atoms with Crippen molar-refractivity contribution in [2.24, 2.45) is 0 Å². The topological polar surface area (TPSA) is 51.0 Å². The first-order valence-electron chi connectivity index (χ1n) is 8.27. The Hall–Kier alpha value is -0.900. The van der Waals surface area contributed by atoms with Gasteiger partial charge in [0.15, 0.2) is 0 Å². The first kappa shape index (κ1) is 17.2. The third-order valence-electron chi connectivity index (χ3n) is 3.39. The zero-order chi connectivity index (χ0) is 14.6. The Kier molecular flexibility index (Phi) is 9.29. The minimum atomic E-state index is 0.505. The standard InChI is InChI=1S/C16H31N3O/c1-4-5-6-7-8-9-10-11-15-18-19-16(20-15)12-13-17-14(2)3/h14,17H,4-13H2,1-3H3. The van der Waals surface area contributed by atoms with E-state index < -0.39 is 0 Å². The molecule has 116 valence electrons. The van der Waals surface area contributed by atoms with Crippen molar-refractivity contribution in [1.82, 2.24) is 15.5 Å². The molecule has 0 fully saturated rings. The molecule has 0 unspecified atom stereocenters. The molecule has 0 bridgehead atoms. The molecule has 0 spiro atoms. The number of rotatable bonds is 12. The number of unbranched alkanes of at least 4 members (excludes halogenated alkanes) is 6. The van der Waals surface area contributed by atoms with Gasteiger partial charge < -0.3 is 9.73 Å². The lowest BCUT2D eigenvalue weighted by Gasteiger charge is -2.04. The van der Waals surface area contributed by atoms with Gasteiger partial charge in [0.1, 0.15) is 0 Å². The number of aromatic nitrogens is 2. The molecule has 20 heavy (non-hydrogen) atoms. The minimum absolute atomic E-state index is 0.505. The summed E-state index contributed by atoms with van der Waals surface area (Å²) < 4.78 is 5.65. The van der Waals surface area contributed by atoms with Crippen LogP contribution in [0.2, 0.25) is 0 Å². The van der Waals surface area contributed by atoms with Crippen LogP contribution in [0.5, 0.6) is 0 Å². The van der Waals surface area contributed by atoms with Gasteiger partial charge in [0.25, 0.3) is 0 Å². The predicted molar refractivity (Wildman–Crippen MR) is 82.8 cm³/mol. The maximum atomic E-state index is 5.65. The van der Waals surface area contributed by atoms with Gasteiger partial charge >= 0.3 is 0 Å². The molecule has 1 aromatic rings. The van der Waals surface area contributed by atoms with Gasteiger partial charge in [0.05, 0.1) is 0 Å². The van der Waals surface area contributed by atoms with E-state index in [1.807, 2.05) is 0 Å². The van der Waals surface area contributed by atoms with Gasteiger partial charge in [-0.2, -0.15) is 0 Å². The lowest BCUT2D eigenvalue weighted by atomic mass is 10.1. The SMILES string of the molecule is CCCCCCCCCc1nnc(CCNC(C)C)o1. The highest BCUT2D eigenvalue weighted by molar-refractivity contribution is 4.83. The van der Waals surface area contributed by atoms with Crippen LogP contribution < -0.4 is 5.32 Å². The summed E-state index contributed by atoms with van der Waals surface area (Å²) in [5, 5.41) is 11.6. The Morgan fingerprint density at radius 3 is 2.15 bits per heavy atom. The van der Waals surface area contributed by atoms with Gasteiger partial charge in [-0.05, 0) is 6.42 Å². The van der Waals surface area contributed by atoms with Gasteiger partial charge in [0.2, 0.25) is 11.8 Å². The zero-order valence-corrected chi connectivity index (χ0v) is 13.5. The third-order valence-corrected chi connectivity index (χ3v) is 3.39. The van der Waals surface area contributed by atoms with Gasteiger partial charge in [-0.1, -0.05) is 59.3 Å². The van der Waals surface area contributed by atoms with Gasteiger partial charge in [-0.15, -0.1) is 10.2 Å². The first-order chi connectivity index (χ1) is 9.72. The molecule has 1 N–H and O–H groups in total. The summed E-state index contributed by atoms with van der Waals surface area (Å²) >= 11 is 0. The molecule has 0 saturated heterocycles. The van der Waals surface area contributed by atoms with Crippen molar-refractivity contribution in [3.63, 3.8) is 0 Å². The normalized spacial score (nSPS) is 11.4. The molecule has 0 aromatic carbocycles. The minimum Gasteiger partial charge on any atom is -0.425 e. The molecule has 1 heterocycles. The average Bonchev–Trinajstić information content (AvgIpc) is 2.85. The fraction of sp³-hybridized carbons (Fsp3) is 0.875. The Bertz CT molecular complexity index is 336. The van der Waals surface area contributed by atoms with Crippen molar-refractivity contribution in [2.45, 2.75) is 84.6 Å². The van der Waals surface area contributed by atoms with Crippen molar-refractivity contribution in [3.8, 4) is 0 Å². The number of nitrogens with one attached hydrogen (secondary N) is 1. The largest absolute Gasteiger partial charge is 0.425 e. The van der Waals surface area contributed by atoms with Crippen molar-refractivity contribution < 1.29 is 4.42 Å². The van der Waals surface area contributed by atoms with E-state index in [0.717, 1.165) is 37.6 Å². The molecule has 0 radical (unpaired) electrons. The van der Waals surface area contributed by atoms with Crippen LogP contribution in [-0.2, 0) is 12.8 Å². The highest BCUT2D eigenvalue weighted by Gasteiger charge is 2.05. The molecule has 0 atom stereocenters. The summed E-state index contributed by atoms with van der Waals surface area (Å²) in [4.78, 5) is 0. The van der Waals surface area contributed by atoms with E-state index in [-0.39, 0.29) is 0 Å². The number of hydrogen-bond donors (Lipinski definition) is 1. The second kappa shape index (κ2) is 10.8. The summed E-state index contributed by atoms with van der Waals surface area (Å²) in [6, 6.07) is 0.505. The smallest absolute Gasteiger partial charge is 0.217 e. The average molecular weight is 281 g/mol. The van der Waals surface area contributed by atoms with E-state index in [0.29, 0.717) is 6.04 Å². The molecule has 0 amide bonds. The molecular formula is C16H31N3O. The van der Waals surface area contributed by atoms with Gasteiger partial charge in [-0.3, -0.25) is 0 Å². The van der Waals surface area contributed by atoms with E-state index in [4.69, 9.17) is 4.42 Å². The highest BCUT2D eigenvalue weighted by Crippen LogP contribution is 2.10. The summed E-state index contributed by atoms with van der Waals surface area (Å²) in [7, 11) is 0.